The number of hydrogen-bond acceptors (Lipinski definition) is 2. The lowest BCUT2D eigenvalue weighted by Crippen LogP contribution is -2.50. The van der Waals surface area contributed by atoms with Crippen molar-refractivity contribution in [2.45, 2.75) is 38.6 Å². The van der Waals surface area contributed by atoms with Gasteiger partial charge in [0.25, 0.3) is 0 Å². The molecule has 0 spiro atoms. The second-order valence-electron chi connectivity index (χ2n) is 4.91. The molecule has 3 nitrogen and oxygen atoms in total. The summed E-state index contributed by atoms with van der Waals surface area (Å²) >= 11 is 0. The molecule has 1 saturated carbocycles. The Morgan fingerprint density at radius 2 is 2.13 bits per heavy atom. The second kappa shape index (κ2) is 4.52. The number of carbonyl (C=O) groups excluding carboxylic acids is 1. The molecule has 1 heterocycles. The molecule has 1 aliphatic heterocycles. The molecule has 0 aromatic rings. The minimum atomic E-state index is 0.383. The van der Waals surface area contributed by atoms with E-state index < -0.39 is 0 Å². The van der Waals surface area contributed by atoms with E-state index in [2.05, 4.69) is 17.1 Å². The highest BCUT2D eigenvalue weighted by molar-refractivity contribution is 5.81. The first-order chi connectivity index (χ1) is 7.26. The van der Waals surface area contributed by atoms with E-state index in [0.717, 1.165) is 32.4 Å². The first-order valence-electron chi connectivity index (χ1n) is 6.22. The van der Waals surface area contributed by atoms with E-state index in [-0.39, 0.29) is 0 Å². The molecule has 1 N–H and O–H groups in total. The van der Waals surface area contributed by atoms with Crippen molar-refractivity contribution >= 4 is 5.91 Å². The van der Waals surface area contributed by atoms with Crippen molar-refractivity contribution in [1.29, 1.82) is 0 Å². The van der Waals surface area contributed by atoms with Gasteiger partial charge in [0.1, 0.15) is 0 Å². The standard InChI is InChI=1S/C12H22N2O/c1-3-9-8-14(7-6-11(9)13-2)12(15)10-4-5-10/h9-11,13H,3-8H2,1-2H3. The molecule has 0 bridgehead atoms. The number of amides is 1. The molecule has 15 heavy (non-hydrogen) atoms. The average molecular weight is 210 g/mol. The predicted octanol–water partition coefficient (Wildman–Crippen LogP) is 1.24. The maximum atomic E-state index is 11.9. The normalized spacial score (nSPS) is 31.7. The molecule has 2 rings (SSSR count). The molecule has 0 aromatic carbocycles. The van der Waals surface area contributed by atoms with Crippen LogP contribution in [0.3, 0.4) is 0 Å². The summed E-state index contributed by atoms with van der Waals surface area (Å²) in [4.78, 5) is 14.0. The van der Waals surface area contributed by atoms with Crippen LogP contribution in [0.25, 0.3) is 0 Å². The van der Waals surface area contributed by atoms with Gasteiger partial charge in [-0.15, -0.1) is 0 Å². The van der Waals surface area contributed by atoms with Crippen molar-refractivity contribution in [2.24, 2.45) is 11.8 Å². The van der Waals surface area contributed by atoms with Crippen LogP contribution in [0.5, 0.6) is 0 Å². The van der Waals surface area contributed by atoms with E-state index in [4.69, 9.17) is 0 Å². The SMILES string of the molecule is CCC1CN(C(=O)C2CC2)CCC1NC. The monoisotopic (exact) mass is 210 g/mol. The zero-order valence-corrected chi connectivity index (χ0v) is 9.83. The lowest BCUT2D eigenvalue weighted by Gasteiger charge is -2.38. The summed E-state index contributed by atoms with van der Waals surface area (Å²) in [6.45, 7) is 4.15. The number of piperidine rings is 1. The predicted molar refractivity (Wildman–Crippen MR) is 60.5 cm³/mol. The van der Waals surface area contributed by atoms with Gasteiger partial charge in [-0.3, -0.25) is 4.79 Å². The van der Waals surface area contributed by atoms with Gasteiger partial charge in [0, 0.05) is 25.0 Å². The Hall–Kier alpha value is -0.570. The molecule has 2 unspecified atom stereocenters. The van der Waals surface area contributed by atoms with Crippen molar-refractivity contribution < 1.29 is 4.79 Å². The second-order valence-corrected chi connectivity index (χ2v) is 4.91. The maximum Gasteiger partial charge on any atom is 0.225 e. The number of rotatable bonds is 3. The number of hydrogen-bond donors (Lipinski definition) is 1. The quantitative estimate of drug-likeness (QED) is 0.760. The van der Waals surface area contributed by atoms with Crippen LogP contribution in [0.15, 0.2) is 0 Å². The van der Waals surface area contributed by atoms with E-state index >= 15 is 0 Å². The number of carbonyl (C=O) groups is 1. The Balaban J connectivity index is 1.91. The molecular formula is C12H22N2O. The third-order valence-corrected chi connectivity index (χ3v) is 3.87. The molecule has 2 atom stereocenters. The van der Waals surface area contributed by atoms with E-state index in [1.54, 1.807) is 0 Å². The third kappa shape index (κ3) is 2.33. The van der Waals surface area contributed by atoms with Gasteiger partial charge in [-0.05, 0) is 32.2 Å². The van der Waals surface area contributed by atoms with Gasteiger partial charge < -0.3 is 10.2 Å². The van der Waals surface area contributed by atoms with Gasteiger partial charge in [0.2, 0.25) is 5.91 Å². The first kappa shape index (κ1) is 10.9. The van der Waals surface area contributed by atoms with Gasteiger partial charge in [0.05, 0.1) is 0 Å². The Labute approximate surface area is 92.2 Å². The van der Waals surface area contributed by atoms with Crippen LogP contribution in [-0.4, -0.2) is 37.0 Å². The highest BCUT2D eigenvalue weighted by atomic mass is 16.2. The van der Waals surface area contributed by atoms with E-state index in [1.807, 2.05) is 7.05 Å². The lowest BCUT2D eigenvalue weighted by atomic mass is 9.90. The van der Waals surface area contributed by atoms with Crippen molar-refractivity contribution in [1.82, 2.24) is 10.2 Å². The Kier molecular flexibility index (Phi) is 3.29. The molecule has 1 amide bonds. The first-order valence-corrected chi connectivity index (χ1v) is 6.22. The summed E-state index contributed by atoms with van der Waals surface area (Å²) in [6, 6.07) is 0.609. The van der Waals surface area contributed by atoms with Crippen LogP contribution in [0.1, 0.15) is 32.6 Å². The highest BCUT2D eigenvalue weighted by Gasteiger charge is 2.37. The van der Waals surface area contributed by atoms with Crippen LogP contribution < -0.4 is 5.32 Å². The highest BCUT2D eigenvalue weighted by Crippen LogP contribution is 2.32. The van der Waals surface area contributed by atoms with Crippen molar-refractivity contribution in [2.75, 3.05) is 20.1 Å². The Bertz CT molecular complexity index is 238. The van der Waals surface area contributed by atoms with Crippen LogP contribution >= 0.6 is 0 Å². The lowest BCUT2D eigenvalue weighted by molar-refractivity contribution is -0.134. The molecule has 1 aliphatic carbocycles. The minimum Gasteiger partial charge on any atom is -0.342 e. The fraction of sp³-hybridized carbons (Fsp3) is 0.917. The summed E-state index contributed by atoms with van der Waals surface area (Å²) < 4.78 is 0. The zero-order chi connectivity index (χ0) is 10.8. The molecule has 0 aromatic heterocycles. The summed E-state index contributed by atoms with van der Waals surface area (Å²) in [5.74, 6) is 1.45. The number of nitrogens with one attached hydrogen (secondary N) is 1. The van der Waals surface area contributed by atoms with E-state index in [1.165, 1.54) is 6.42 Å². The summed E-state index contributed by atoms with van der Waals surface area (Å²) in [5, 5.41) is 3.37. The topological polar surface area (TPSA) is 32.3 Å². The number of nitrogens with zero attached hydrogens (tertiary/aromatic N) is 1. The summed E-state index contributed by atoms with van der Waals surface area (Å²) in [5.41, 5.74) is 0. The molecule has 1 saturated heterocycles. The maximum absolute atomic E-state index is 11.9. The molecular weight excluding hydrogens is 188 g/mol. The van der Waals surface area contributed by atoms with Crippen LogP contribution in [0.2, 0.25) is 0 Å². The largest absolute Gasteiger partial charge is 0.342 e. The minimum absolute atomic E-state index is 0.383. The fourth-order valence-corrected chi connectivity index (χ4v) is 2.61. The van der Waals surface area contributed by atoms with Gasteiger partial charge in [-0.1, -0.05) is 13.3 Å². The van der Waals surface area contributed by atoms with E-state index in [9.17, 15) is 4.79 Å². The average Bonchev–Trinajstić information content (AvgIpc) is 3.11. The molecule has 3 heteroatoms. The molecule has 2 fully saturated rings. The van der Waals surface area contributed by atoms with Gasteiger partial charge in [0.15, 0.2) is 0 Å². The molecule has 2 aliphatic rings. The Morgan fingerprint density at radius 1 is 1.40 bits per heavy atom. The van der Waals surface area contributed by atoms with Crippen LogP contribution in [-0.2, 0) is 4.79 Å². The van der Waals surface area contributed by atoms with Crippen molar-refractivity contribution in [3.63, 3.8) is 0 Å². The number of likely N-dealkylation sites (tertiary alicyclic amines) is 1. The van der Waals surface area contributed by atoms with Crippen molar-refractivity contribution in [3.05, 3.63) is 0 Å². The summed E-state index contributed by atoms with van der Waals surface area (Å²) in [6.07, 6.45) is 4.54. The van der Waals surface area contributed by atoms with Gasteiger partial charge in [-0.2, -0.15) is 0 Å². The van der Waals surface area contributed by atoms with Crippen LogP contribution in [0, 0.1) is 11.8 Å². The Morgan fingerprint density at radius 3 is 2.67 bits per heavy atom. The molecule has 0 radical (unpaired) electrons. The van der Waals surface area contributed by atoms with Crippen LogP contribution in [0.4, 0.5) is 0 Å². The smallest absolute Gasteiger partial charge is 0.225 e. The van der Waals surface area contributed by atoms with Gasteiger partial charge >= 0.3 is 0 Å². The van der Waals surface area contributed by atoms with Crippen molar-refractivity contribution in [3.8, 4) is 0 Å². The summed E-state index contributed by atoms with van der Waals surface area (Å²) in [7, 11) is 2.03. The van der Waals surface area contributed by atoms with Gasteiger partial charge in [-0.25, -0.2) is 0 Å². The molecule has 86 valence electrons. The fourth-order valence-electron chi connectivity index (χ4n) is 2.61. The zero-order valence-electron chi connectivity index (χ0n) is 9.83. The third-order valence-electron chi connectivity index (χ3n) is 3.87. The van der Waals surface area contributed by atoms with E-state index in [0.29, 0.717) is 23.8 Å².